The first-order chi connectivity index (χ1) is 8.72. The van der Waals surface area contributed by atoms with Crippen LogP contribution >= 0.6 is 0 Å². The zero-order valence-electron chi connectivity index (χ0n) is 10.3. The van der Waals surface area contributed by atoms with Gasteiger partial charge in [0.05, 0.1) is 5.69 Å². The highest BCUT2D eigenvalue weighted by atomic mass is 16.2. The summed E-state index contributed by atoms with van der Waals surface area (Å²) in [5.74, 6) is -0.0599. The molecule has 0 unspecified atom stereocenters. The summed E-state index contributed by atoms with van der Waals surface area (Å²) in [4.78, 5) is 21.0. The van der Waals surface area contributed by atoms with Gasteiger partial charge in [-0.1, -0.05) is 0 Å². The highest BCUT2D eigenvalue weighted by Crippen LogP contribution is 2.14. The number of hydrogen-bond acceptors (Lipinski definition) is 3. The Morgan fingerprint density at radius 3 is 3.00 bits per heavy atom. The van der Waals surface area contributed by atoms with Crippen molar-refractivity contribution in [2.24, 2.45) is 5.73 Å². The van der Waals surface area contributed by atoms with Crippen LogP contribution in [0.25, 0.3) is 0 Å². The fourth-order valence-electron chi connectivity index (χ4n) is 1.73. The molecule has 0 aliphatic heterocycles. The van der Waals surface area contributed by atoms with Gasteiger partial charge in [-0.05, 0) is 24.7 Å². The number of nitrogens with one attached hydrogen (secondary N) is 1. The molecule has 2 aromatic heterocycles. The van der Waals surface area contributed by atoms with Crippen molar-refractivity contribution in [3.05, 3.63) is 48.0 Å². The number of rotatable bonds is 4. The van der Waals surface area contributed by atoms with E-state index < -0.39 is 0 Å². The van der Waals surface area contributed by atoms with E-state index in [0.717, 1.165) is 11.4 Å². The molecule has 0 saturated carbocycles. The number of pyridine rings is 1. The molecule has 0 aliphatic rings. The van der Waals surface area contributed by atoms with Crippen LogP contribution in [0.1, 0.15) is 16.1 Å². The standard InChI is InChI=1S/C13H16N4O/c1-17(12-4-6-15-9-12)13(18)10-3-7-16-11(8-10)2-5-14/h3-4,6-9,15H,2,5,14H2,1H3. The summed E-state index contributed by atoms with van der Waals surface area (Å²) < 4.78 is 0. The molecule has 0 bridgehead atoms. The van der Waals surface area contributed by atoms with Gasteiger partial charge in [0.1, 0.15) is 0 Å². The number of nitrogens with zero attached hydrogens (tertiary/aromatic N) is 2. The molecule has 94 valence electrons. The van der Waals surface area contributed by atoms with Gasteiger partial charge >= 0.3 is 0 Å². The molecule has 18 heavy (non-hydrogen) atoms. The van der Waals surface area contributed by atoms with E-state index in [9.17, 15) is 4.79 Å². The van der Waals surface area contributed by atoms with Crippen LogP contribution in [0.4, 0.5) is 5.69 Å². The lowest BCUT2D eigenvalue weighted by molar-refractivity contribution is 0.0993. The smallest absolute Gasteiger partial charge is 0.258 e. The Morgan fingerprint density at radius 1 is 1.50 bits per heavy atom. The molecule has 0 saturated heterocycles. The normalized spacial score (nSPS) is 10.3. The molecule has 1 amide bonds. The molecular formula is C13H16N4O. The number of aromatic nitrogens is 2. The van der Waals surface area contributed by atoms with Crippen molar-refractivity contribution in [2.75, 3.05) is 18.5 Å². The molecule has 0 aromatic carbocycles. The SMILES string of the molecule is CN(C(=O)c1ccnc(CCN)c1)c1cc[nH]c1. The van der Waals surface area contributed by atoms with Crippen molar-refractivity contribution < 1.29 is 4.79 Å². The van der Waals surface area contributed by atoms with Gasteiger partial charge in [0.15, 0.2) is 0 Å². The number of carbonyl (C=O) groups excluding carboxylic acids is 1. The third-order valence-corrected chi connectivity index (χ3v) is 2.74. The number of amides is 1. The van der Waals surface area contributed by atoms with Crippen LogP contribution in [0.3, 0.4) is 0 Å². The Labute approximate surface area is 106 Å². The summed E-state index contributed by atoms with van der Waals surface area (Å²) in [5, 5.41) is 0. The lowest BCUT2D eigenvalue weighted by Gasteiger charge is -2.15. The van der Waals surface area contributed by atoms with Gasteiger partial charge in [-0.2, -0.15) is 0 Å². The Balaban J connectivity index is 2.20. The minimum absolute atomic E-state index is 0.0599. The van der Waals surface area contributed by atoms with Gasteiger partial charge in [-0.25, -0.2) is 0 Å². The monoisotopic (exact) mass is 244 g/mol. The van der Waals surface area contributed by atoms with Gasteiger partial charge in [0.2, 0.25) is 0 Å². The second-order valence-electron chi connectivity index (χ2n) is 4.01. The average Bonchev–Trinajstić information content (AvgIpc) is 2.91. The summed E-state index contributed by atoms with van der Waals surface area (Å²) >= 11 is 0. The molecular weight excluding hydrogens is 228 g/mol. The first kappa shape index (κ1) is 12.3. The summed E-state index contributed by atoms with van der Waals surface area (Å²) in [6, 6.07) is 5.35. The molecule has 2 aromatic rings. The third kappa shape index (κ3) is 2.57. The van der Waals surface area contributed by atoms with Crippen LogP contribution in [-0.4, -0.2) is 29.5 Å². The maximum atomic E-state index is 12.3. The predicted octanol–water partition coefficient (Wildman–Crippen LogP) is 1.19. The Hall–Kier alpha value is -2.14. The first-order valence-corrected chi connectivity index (χ1v) is 5.78. The van der Waals surface area contributed by atoms with E-state index in [0.29, 0.717) is 18.5 Å². The summed E-state index contributed by atoms with van der Waals surface area (Å²) in [6.07, 6.45) is 5.88. The maximum Gasteiger partial charge on any atom is 0.258 e. The van der Waals surface area contributed by atoms with Gasteiger partial charge in [0, 0.05) is 43.3 Å². The van der Waals surface area contributed by atoms with Crippen molar-refractivity contribution in [1.29, 1.82) is 0 Å². The number of aromatic amines is 1. The van der Waals surface area contributed by atoms with Crippen molar-refractivity contribution in [1.82, 2.24) is 9.97 Å². The van der Waals surface area contributed by atoms with Crippen LogP contribution in [0.15, 0.2) is 36.8 Å². The number of H-pyrrole nitrogens is 1. The molecule has 0 radical (unpaired) electrons. The predicted molar refractivity (Wildman–Crippen MR) is 70.5 cm³/mol. The van der Waals surface area contributed by atoms with Crippen LogP contribution in [0.2, 0.25) is 0 Å². The van der Waals surface area contributed by atoms with E-state index in [1.807, 2.05) is 6.07 Å². The molecule has 0 spiro atoms. The highest BCUT2D eigenvalue weighted by molar-refractivity contribution is 6.05. The van der Waals surface area contributed by atoms with Crippen LogP contribution in [-0.2, 0) is 6.42 Å². The van der Waals surface area contributed by atoms with E-state index in [4.69, 9.17) is 5.73 Å². The van der Waals surface area contributed by atoms with E-state index in [-0.39, 0.29) is 5.91 Å². The van der Waals surface area contributed by atoms with E-state index in [2.05, 4.69) is 9.97 Å². The quantitative estimate of drug-likeness (QED) is 0.848. The molecule has 0 atom stereocenters. The van der Waals surface area contributed by atoms with Crippen LogP contribution < -0.4 is 10.6 Å². The van der Waals surface area contributed by atoms with Gasteiger partial charge < -0.3 is 15.6 Å². The first-order valence-electron chi connectivity index (χ1n) is 5.78. The maximum absolute atomic E-state index is 12.3. The molecule has 5 heteroatoms. The fourth-order valence-corrected chi connectivity index (χ4v) is 1.73. The van der Waals surface area contributed by atoms with Crippen molar-refractivity contribution in [3.8, 4) is 0 Å². The molecule has 2 heterocycles. The van der Waals surface area contributed by atoms with Gasteiger partial charge in [-0.3, -0.25) is 9.78 Å². The number of nitrogens with two attached hydrogens (primary N) is 1. The zero-order chi connectivity index (χ0) is 13.0. The van der Waals surface area contributed by atoms with E-state index >= 15 is 0 Å². The third-order valence-electron chi connectivity index (χ3n) is 2.74. The molecule has 3 N–H and O–H groups in total. The Kier molecular flexibility index (Phi) is 3.74. The van der Waals surface area contributed by atoms with Gasteiger partial charge in [-0.15, -0.1) is 0 Å². The molecule has 0 fully saturated rings. The fraction of sp³-hybridized carbons (Fsp3) is 0.231. The zero-order valence-corrected chi connectivity index (χ0v) is 10.3. The molecule has 0 aliphatic carbocycles. The largest absolute Gasteiger partial charge is 0.366 e. The highest BCUT2D eigenvalue weighted by Gasteiger charge is 2.14. The Bertz CT molecular complexity index is 522. The number of hydrogen-bond donors (Lipinski definition) is 2. The topological polar surface area (TPSA) is 75.0 Å². The molecule has 2 rings (SSSR count). The summed E-state index contributed by atoms with van der Waals surface area (Å²) in [7, 11) is 1.74. The van der Waals surface area contributed by atoms with Gasteiger partial charge in [0.25, 0.3) is 5.91 Å². The van der Waals surface area contributed by atoms with Crippen molar-refractivity contribution in [3.63, 3.8) is 0 Å². The van der Waals surface area contributed by atoms with E-state index in [1.165, 1.54) is 0 Å². The summed E-state index contributed by atoms with van der Waals surface area (Å²) in [5.41, 5.74) is 7.78. The number of carbonyl (C=O) groups is 1. The molecule has 5 nitrogen and oxygen atoms in total. The second-order valence-corrected chi connectivity index (χ2v) is 4.01. The lowest BCUT2D eigenvalue weighted by Crippen LogP contribution is -2.26. The Morgan fingerprint density at radius 2 is 2.33 bits per heavy atom. The van der Waals surface area contributed by atoms with E-state index in [1.54, 1.807) is 42.7 Å². The second kappa shape index (κ2) is 5.46. The average molecular weight is 244 g/mol. The lowest BCUT2D eigenvalue weighted by atomic mass is 10.1. The minimum Gasteiger partial charge on any atom is -0.366 e. The van der Waals surface area contributed by atoms with Crippen LogP contribution in [0.5, 0.6) is 0 Å². The minimum atomic E-state index is -0.0599. The van der Waals surface area contributed by atoms with Crippen molar-refractivity contribution in [2.45, 2.75) is 6.42 Å². The summed E-state index contributed by atoms with van der Waals surface area (Å²) in [6.45, 7) is 0.526. The number of anilines is 1. The van der Waals surface area contributed by atoms with Crippen molar-refractivity contribution >= 4 is 11.6 Å². The van der Waals surface area contributed by atoms with Crippen LogP contribution in [0, 0.1) is 0 Å².